The van der Waals surface area contributed by atoms with Gasteiger partial charge in [-0.3, -0.25) is 4.79 Å². The van der Waals surface area contributed by atoms with Crippen LogP contribution >= 0.6 is 22.6 Å². The summed E-state index contributed by atoms with van der Waals surface area (Å²) in [5.41, 5.74) is 12.4. The molecule has 0 fully saturated rings. The fourth-order valence-electron chi connectivity index (χ4n) is 3.33. The summed E-state index contributed by atoms with van der Waals surface area (Å²) in [6, 6.07) is 13.8. The van der Waals surface area contributed by atoms with Gasteiger partial charge in [-0.05, 0) is 77.7 Å². The van der Waals surface area contributed by atoms with Crippen molar-refractivity contribution in [1.82, 2.24) is 9.97 Å². The number of fused-ring (bicyclic) bond motifs is 3. The van der Waals surface area contributed by atoms with Gasteiger partial charge in [-0.2, -0.15) is 0 Å². The summed E-state index contributed by atoms with van der Waals surface area (Å²) in [7, 11) is 0. The van der Waals surface area contributed by atoms with Crippen LogP contribution in [0.4, 0.5) is 11.5 Å². The monoisotopic (exact) mass is 470 g/mol. The van der Waals surface area contributed by atoms with E-state index in [4.69, 9.17) is 15.7 Å². The smallest absolute Gasteiger partial charge is 0.229 e. The van der Waals surface area contributed by atoms with Crippen molar-refractivity contribution in [2.45, 2.75) is 26.2 Å². The number of rotatable bonds is 3. The Kier molecular flexibility index (Phi) is 4.82. The van der Waals surface area contributed by atoms with Crippen molar-refractivity contribution in [1.29, 1.82) is 0 Å². The minimum atomic E-state index is -0.0856. The third-order valence-electron chi connectivity index (χ3n) is 4.69. The summed E-state index contributed by atoms with van der Waals surface area (Å²) in [6.45, 7) is 1.87. The lowest BCUT2D eigenvalue weighted by Gasteiger charge is -2.20. The zero-order valence-corrected chi connectivity index (χ0v) is 17.1. The molecule has 3 aromatic rings. The van der Waals surface area contributed by atoms with Gasteiger partial charge in [0.1, 0.15) is 0 Å². The second-order valence-corrected chi connectivity index (χ2v) is 7.97. The van der Waals surface area contributed by atoms with Crippen molar-refractivity contribution in [3.8, 4) is 11.3 Å². The number of halogens is 1. The topological polar surface area (TPSA) is 80.9 Å². The Bertz CT molecular complexity index is 1030. The molecule has 1 aromatic heterocycles. The molecule has 0 bridgehead atoms. The summed E-state index contributed by atoms with van der Waals surface area (Å²) in [5, 5.41) is 2.92. The van der Waals surface area contributed by atoms with Gasteiger partial charge in [-0.25, -0.2) is 9.97 Å². The lowest BCUT2D eigenvalue weighted by molar-refractivity contribution is -0.115. The maximum absolute atomic E-state index is 12.4. The number of benzene rings is 2. The van der Waals surface area contributed by atoms with Crippen molar-refractivity contribution in [3.05, 3.63) is 68.5 Å². The molecule has 0 saturated carbocycles. The molecule has 1 amide bonds. The molecule has 5 nitrogen and oxygen atoms in total. The zero-order valence-electron chi connectivity index (χ0n) is 14.9. The van der Waals surface area contributed by atoms with Gasteiger partial charge in [0.2, 0.25) is 5.91 Å². The molecule has 0 atom stereocenters. The second-order valence-electron chi connectivity index (χ2n) is 6.72. The zero-order chi connectivity index (χ0) is 19.0. The summed E-state index contributed by atoms with van der Waals surface area (Å²) in [6.07, 6.45) is 1.98. The number of carbonyl (C=O) groups excluding carboxylic acids is 1. The average Bonchev–Trinajstić information content (AvgIpc) is 2.64. The summed E-state index contributed by atoms with van der Waals surface area (Å²) >= 11 is 2.25. The first-order valence-electron chi connectivity index (χ1n) is 8.80. The number of nitrogen functional groups attached to an aromatic ring is 1. The highest BCUT2D eigenvalue weighted by Gasteiger charge is 2.21. The number of nitrogens with one attached hydrogen (secondary N) is 1. The van der Waals surface area contributed by atoms with Gasteiger partial charge in [-0.1, -0.05) is 18.2 Å². The fourth-order valence-corrected chi connectivity index (χ4v) is 3.69. The van der Waals surface area contributed by atoms with Crippen LogP contribution in [0.25, 0.3) is 11.3 Å². The number of aryl methyl sites for hydroxylation is 3. The van der Waals surface area contributed by atoms with Crippen LogP contribution in [0.1, 0.15) is 22.5 Å². The summed E-state index contributed by atoms with van der Waals surface area (Å²) in [5.74, 6) is 0.459. The number of anilines is 2. The lowest BCUT2D eigenvalue weighted by atomic mass is 9.91. The molecule has 0 radical (unpaired) electrons. The molecule has 6 heteroatoms. The van der Waals surface area contributed by atoms with E-state index in [0.717, 1.165) is 50.3 Å². The minimum Gasteiger partial charge on any atom is -0.399 e. The molecule has 4 rings (SSSR count). The van der Waals surface area contributed by atoms with Crippen LogP contribution in [0, 0.1) is 10.5 Å². The predicted molar refractivity (Wildman–Crippen MR) is 116 cm³/mol. The van der Waals surface area contributed by atoms with Gasteiger partial charge < -0.3 is 11.1 Å². The van der Waals surface area contributed by atoms with Gasteiger partial charge in [-0.15, -0.1) is 0 Å². The van der Waals surface area contributed by atoms with Crippen molar-refractivity contribution >= 4 is 40.0 Å². The van der Waals surface area contributed by atoms with E-state index in [1.54, 1.807) is 0 Å². The molecule has 1 aliphatic carbocycles. The molecule has 136 valence electrons. The van der Waals surface area contributed by atoms with Crippen LogP contribution < -0.4 is 11.1 Å². The number of hydrogen-bond donors (Lipinski definition) is 2. The average molecular weight is 470 g/mol. The highest BCUT2D eigenvalue weighted by Crippen LogP contribution is 2.33. The van der Waals surface area contributed by atoms with E-state index in [2.05, 4.69) is 27.9 Å². The number of nitrogens with two attached hydrogens (primary N) is 1. The Balaban J connectivity index is 1.57. The van der Waals surface area contributed by atoms with Crippen LogP contribution in [0.3, 0.4) is 0 Å². The SMILES string of the molecule is Cc1nc2c(nc1NC(=O)Cc1ccc(I)cc1)CCc1cc(N)ccc1-2. The molecule has 27 heavy (non-hydrogen) atoms. The normalized spacial score (nSPS) is 12.2. The van der Waals surface area contributed by atoms with Gasteiger partial charge in [0.05, 0.1) is 23.5 Å². The maximum atomic E-state index is 12.4. The van der Waals surface area contributed by atoms with Crippen molar-refractivity contribution < 1.29 is 4.79 Å². The standard InChI is InChI=1S/C21H19IN4O/c1-12-21(26-19(27)10-13-2-5-15(22)6-3-13)25-18-9-4-14-11-16(23)7-8-17(14)20(18)24-12/h2-3,5-8,11H,4,9-10,23H2,1H3,(H,25,26,27). The lowest BCUT2D eigenvalue weighted by Crippen LogP contribution is -2.19. The number of hydrogen-bond acceptors (Lipinski definition) is 4. The second kappa shape index (κ2) is 7.26. The maximum Gasteiger partial charge on any atom is 0.229 e. The molecule has 0 saturated heterocycles. The van der Waals surface area contributed by atoms with Crippen LogP contribution in [-0.2, 0) is 24.1 Å². The first-order chi connectivity index (χ1) is 13.0. The van der Waals surface area contributed by atoms with Crippen LogP contribution in [0.2, 0.25) is 0 Å². The first-order valence-corrected chi connectivity index (χ1v) is 9.88. The van der Waals surface area contributed by atoms with Crippen LogP contribution in [0.5, 0.6) is 0 Å². The third kappa shape index (κ3) is 3.80. The Labute approximate surface area is 171 Å². The highest BCUT2D eigenvalue weighted by molar-refractivity contribution is 14.1. The van der Waals surface area contributed by atoms with Crippen LogP contribution in [-0.4, -0.2) is 15.9 Å². The Morgan fingerprint density at radius 1 is 1.15 bits per heavy atom. The van der Waals surface area contributed by atoms with Gasteiger partial charge in [0.15, 0.2) is 5.82 Å². The van der Waals surface area contributed by atoms with Crippen molar-refractivity contribution in [2.24, 2.45) is 0 Å². The van der Waals surface area contributed by atoms with E-state index in [1.165, 1.54) is 5.56 Å². The predicted octanol–water partition coefficient (Wildman–Crippen LogP) is 3.92. The minimum absolute atomic E-state index is 0.0856. The number of nitrogens with zero attached hydrogens (tertiary/aromatic N) is 2. The number of aromatic nitrogens is 2. The Morgan fingerprint density at radius 2 is 1.93 bits per heavy atom. The van der Waals surface area contributed by atoms with Gasteiger partial charge in [0, 0.05) is 14.8 Å². The summed E-state index contributed by atoms with van der Waals surface area (Å²) in [4.78, 5) is 21.9. The molecule has 0 spiro atoms. The first kappa shape index (κ1) is 17.9. The van der Waals surface area contributed by atoms with Crippen molar-refractivity contribution in [2.75, 3.05) is 11.1 Å². The molecule has 0 aliphatic heterocycles. The molecule has 0 unspecified atom stereocenters. The Morgan fingerprint density at radius 3 is 2.70 bits per heavy atom. The van der Waals surface area contributed by atoms with E-state index in [0.29, 0.717) is 12.2 Å². The molecule has 1 aliphatic rings. The van der Waals surface area contributed by atoms with Crippen molar-refractivity contribution in [3.63, 3.8) is 0 Å². The van der Waals surface area contributed by atoms with Gasteiger partial charge >= 0.3 is 0 Å². The quantitative estimate of drug-likeness (QED) is 0.449. The number of amides is 1. The van der Waals surface area contributed by atoms with Gasteiger partial charge in [0.25, 0.3) is 0 Å². The molecule has 2 aromatic carbocycles. The molecule has 3 N–H and O–H groups in total. The number of carbonyl (C=O) groups is 1. The largest absolute Gasteiger partial charge is 0.399 e. The summed E-state index contributed by atoms with van der Waals surface area (Å²) < 4.78 is 1.15. The van der Waals surface area contributed by atoms with E-state index in [-0.39, 0.29) is 5.91 Å². The van der Waals surface area contributed by atoms with E-state index >= 15 is 0 Å². The molecular formula is C21H19IN4O. The fraction of sp³-hybridized carbons (Fsp3) is 0.190. The Hall–Kier alpha value is -2.48. The third-order valence-corrected chi connectivity index (χ3v) is 5.41. The van der Waals surface area contributed by atoms with Crippen LogP contribution in [0.15, 0.2) is 42.5 Å². The highest BCUT2D eigenvalue weighted by atomic mass is 127. The molecular weight excluding hydrogens is 451 g/mol. The van der Waals surface area contributed by atoms with E-state index < -0.39 is 0 Å². The van der Waals surface area contributed by atoms with E-state index in [9.17, 15) is 4.79 Å². The molecule has 1 heterocycles. The van der Waals surface area contributed by atoms with E-state index in [1.807, 2.05) is 49.4 Å².